The van der Waals surface area contributed by atoms with Crippen molar-refractivity contribution in [2.45, 2.75) is 24.5 Å². The fourth-order valence-electron chi connectivity index (χ4n) is 2.87. The molecule has 0 aliphatic carbocycles. The molecular formula is C19H21NO3S. The fraction of sp³-hybridized carbons (Fsp3) is 0.368. The van der Waals surface area contributed by atoms with E-state index in [0.717, 1.165) is 31.0 Å². The van der Waals surface area contributed by atoms with Gasteiger partial charge in [0.05, 0.1) is 11.5 Å². The summed E-state index contributed by atoms with van der Waals surface area (Å²) in [6, 6.07) is 13.1. The van der Waals surface area contributed by atoms with Crippen LogP contribution in [-0.4, -0.2) is 35.4 Å². The van der Waals surface area contributed by atoms with Gasteiger partial charge in [0.1, 0.15) is 5.76 Å². The number of hydrogen-bond donors (Lipinski definition) is 0. The molecule has 1 aromatic heterocycles. The molecule has 3 rings (SSSR count). The first-order valence-corrected chi connectivity index (χ1v) is 9.30. The van der Waals surface area contributed by atoms with Gasteiger partial charge in [-0.15, -0.1) is 11.8 Å². The molecule has 1 atom stereocenters. The molecule has 0 spiro atoms. The monoisotopic (exact) mass is 343 g/mol. The second kappa shape index (κ2) is 8.20. The summed E-state index contributed by atoms with van der Waals surface area (Å²) in [7, 11) is 0. The summed E-state index contributed by atoms with van der Waals surface area (Å²) >= 11 is 1.83. The molecule has 1 aromatic carbocycles. The summed E-state index contributed by atoms with van der Waals surface area (Å²) in [5.74, 6) is 1.97. The second-order valence-corrected chi connectivity index (χ2v) is 7.14. The first-order valence-electron chi connectivity index (χ1n) is 8.25. The molecular weight excluding hydrogens is 322 g/mol. The van der Waals surface area contributed by atoms with Gasteiger partial charge in [0.25, 0.3) is 0 Å². The van der Waals surface area contributed by atoms with Crippen LogP contribution < -0.4 is 0 Å². The molecule has 0 unspecified atom stereocenters. The standard InChI is InChI=1S/C19H21NO3S/c21-16(15-5-2-1-3-6-15)8-9-19(22)20-11-10-18(24-14-12-20)17-7-4-13-23-17/h1-7,13,18H,8-12,14H2/t18-/m0/s1. The highest BCUT2D eigenvalue weighted by Crippen LogP contribution is 2.34. The molecule has 0 radical (unpaired) electrons. The van der Waals surface area contributed by atoms with Crippen LogP contribution >= 0.6 is 11.8 Å². The van der Waals surface area contributed by atoms with E-state index in [9.17, 15) is 9.59 Å². The van der Waals surface area contributed by atoms with Gasteiger partial charge in [-0.2, -0.15) is 0 Å². The Balaban J connectivity index is 1.49. The minimum absolute atomic E-state index is 0.0293. The van der Waals surface area contributed by atoms with Crippen LogP contribution in [0.4, 0.5) is 0 Å². The van der Waals surface area contributed by atoms with Crippen molar-refractivity contribution in [2.75, 3.05) is 18.8 Å². The van der Waals surface area contributed by atoms with Gasteiger partial charge >= 0.3 is 0 Å². The molecule has 1 aliphatic rings. The number of ketones is 1. The largest absolute Gasteiger partial charge is 0.468 e. The molecule has 2 aromatic rings. The number of nitrogens with zero attached hydrogens (tertiary/aromatic N) is 1. The summed E-state index contributed by atoms with van der Waals surface area (Å²) < 4.78 is 5.48. The van der Waals surface area contributed by atoms with Gasteiger partial charge in [0.15, 0.2) is 5.78 Å². The summed E-state index contributed by atoms with van der Waals surface area (Å²) in [6.45, 7) is 1.46. The minimum Gasteiger partial charge on any atom is -0.468 e. The van der Waals surface area contributed by atoms with Crippen LogP contribution in [0.2, 0.25) is 0 Å². The highest BCUT2D eigenvalue weighted by molar-refractivity contribution is 7.99. The van der Waals surface area contributed by atoms with Crippen molar-refractivity contribution < 1.29 is 14.0 Å². The van der Waals surface area contributed by atoms with E-state index in [2.05, 4.69) is 0 Å². The maximum absolute atomic E-state index is 12.4. The Labute approximate surface area is 146 Å². The van der Waals surface area contributed by atoms with Crippen LogP contribution in [-0.2, 0) is 4.79 Å². The lowest BCUT2D eigenvalue weighted by molar-refractivity contribution is -0.130. The number of hydrogen-bond acceptors (Lipinski definition) is 4. The summed E-state index contributed by atoms with van der Waals surface area (Å²) in [5, 5.41) is 0.309. The quantitative estimate of drug-likeness (QED) is 0.771. The van der Waals surface area contributed by atoms with Crippen LogP contribution in [0.25, 0.3) is 0 Å². The van der Waals surface area contributed by atoms with Crippen molar-refractivity contribution in [1.82, 2.24) is 4.90 Å². The Morgan fingerprint density at radius 1 is 1.08 bits per heavy atom. The molecule has 5 heteroatoms. The molecule has 0 bridgehead atoms. The van der Waals surface area contributed by atoms with Crippen molar-refractivity contribution in [3.63, 3.8) is 0 Å². The van der Waals surface area contributed by atoms with E-state index in [1.807, 2.05) is 47.0 Å². The van der Waals surface area contributed by atoms with Gasteiger partial charge in [-0.1, -0.05) is 30.3 Å². The summed E-state index contributed by atoms with van der Waals surface area (Å²) in [4.78, 5) is 26.4. The number of rotatable bonds is 5. The molecule has 1 saturated heterocycles. The number of carbonyl (C=O) groups excluding carboxylic acids is 2. The maximum atomic E-state index is 12.4. The number of thioether (sulfide) groups is 1. The van der Waals surface area contributed by atoms with E-state index in [4.69, 9.17) is 4.42 Å². The number of Topliss-reactive ketones (excluding diaryl/α,β-unsaturated/α-hetero) is 1. The van der Waals surface area contributed by atoms with Crippen molar-refractivity contribution in [2.24, 2.45) is 0 Å². The lowest BCUT2D eigenvalue weighted by Crippen LogP contribution is -2.33. The average molecular weight is 343 g/mol. The summed E-state index contributed by atoms with van der Waals surface area (Å²) in [6.07, 6.45) is 3.13. The lowest BCUT2D eigenvalue weighted by Gasteiger charge is -2.20. The third-order valence-corrected chi connectivity index (χ3v) is 5.51. The number of benzene rings is 1. The molecule has 1 aliphatic heterocycles. The number of amides is 1. The zero-order chi connectivity index (χ0) is 16.8. The summed E-state index contributed by atoms with van der Waals surface area (Å²) in [5.41, 5.74) is 0.676. The Bertz CT molecular complexity index is 669. The van der Waals surface area contributed by atoms with E-state index in [-0.39, 0.29) is 24.5 Å². The zero-order valence-corrected chi connectivity index (χ0v) is 14.3. The molecule has 0 saturated carbocycles. The molecule has 2 heterocycles. The maximum Gasteiger partial charge on any atom is 0.223 e. The van der Waals surface area contributed by atoms with E-state index in [0.29, 0.717) is 10.8 Å². The highest BCUT2D eigenvalue weighted by atomic mass is 32.2. The van der Waals surface area contributed by atoms with Gasteiger partial charge in [-0.25, -0.2) is 0 Å². The molecule has 1 amide bonds. The zero-order valence-electron chi connectivity index (χ0n) is 13.5. The molecule has 1 fully saturated rings. The Morgan fingerprint density at radius 2 is 1.92 bits per heavy atom. The molecule has 4 nitrogen and oxygen atoms in total. The first-order chi connectivity index (χ1) is 11.7. The Hall–Kier alpha value is -2.01. The van der Waals surface area contributed by atoms with Gasteiger partial charge in [-0.3, -0.25) is 9.59 Å². The van der Waals surface area contributed by atoms with Crippen LogP contribution in [0.15, 0.2) is 53.1 Å². The van der Waals surface area contributed by atoms with Crippen LogP contribution in [0.3, 0.4) is 0 Å². The number of carbonyl (C=O) groups is 2. The third kappa shape index (κ3) is 4.29. The van der Waals surface area contributed by atoms with Gasteiger partial charge in [-0.05, 0) is 18.6 Å². The Morgan fingerprint density at radius 3 is 2.67 bits per heavy atom. The van der Waals surface area contributed by atoms with Gasteiger partial charge in [0.2, 0.25) is 5.91 Å². The van der Waals surface area contributed by atoms with Crippen molar-refractivity contribution in [3.05, 3.63) is 60.1 Å². The van der Waals surface area contributed by atoms with Crippen molar-refractivity contribution >= 4 is 23.5 Å². The normalized spacial score (nSPS) is 18.2. The molecule has 24 heavy (non-hydrogen) atoms. The third-order valence-electron chi connectivity index (χ3n) is 4.22. The molecule has 126 valence electrons. The van der Waals surface area contributed by atoms with E-state index in [1.54, 1.807) is 18.4 Å². The SMILES string of the molecule is O=C(CCC(=O)N1CCS[C@H](c2ccco2)CC1)c1ccccc1. The average Bonchev–Trinajstić information content (AvgIpc) is 3.04. The van der Waals surface area contributed by atoms with E-state index >= 15 is 0 Å². The van der Waals surface area contributed by atoms with Gasteiger partial charge in [0, 0.05) is 37.2 Å². The van der Waals surface area contributed by atoms with E-state index < -0.39 is 0 Å². The van der Waals surface area contributed by atoms with E-state index in [1.165, 1.54) is 0 Å². The minimum atomic E-state index is 0.0293. The van der Waals surface area contributed by atoms with Crippen LogP contribution in [0.1, 0.15) is 40.6 Å². The number of furan rings is 1. The highest BCUT2D eigenvalue weighted by Gasteiger charge is 2.23. The second-order valence-electron chi connectivity index (χ2n) is 5.83. The van der Waals surface area contributed by atoms with Crippen molar-refractivity contribution in [1.29, 1.82) is 0 Å². The first kappa shape index (κ1) is 16.8. The Kier molecular flexibility index (Phi) is 5.75. The van der Waals surface area contributed by atoms with Gasteiger partial charge < -0.3 is 9.32 Å². The smallest absolute Gasteiger partial charge is 0.223 e. The van der Waals surface area contributed by atoms with Crippen molar-refractivity contribution in [3.8, 4) is 0 Å². The van der Waals surface area contributed by atoms with Crippen LogP contribution in [0.5, 0.6) is 0 Å². The fourth-order valence-corrected chi connectivity index (χ4v) is 4.05. The predicted octanol–water partition coefficient (Wildman–Crippen LogP) is 3.95. The topological polar surface area (TPSA) is 50.5 Å². The lowest BCUT2D eigenvalue weighted by atomic mass is 10.1. The predicted molar refractivity (Wildman–Crippen MR) is 95.1 cm³/mol. The molecule has 0 N–H and O–H groups in total. The van der Waals surface area contributed by atoms with Crippen LogP contribution in [0, 0.1) is 0 Å².